The van der Waals surface area contributed by atoms with Gasteiger partial charge in [-0.3, -0.25) is 4.79 Å². The number of likely N-dealkylation sites (N-methyl/N-ethyl adjacent to an activating group) is 1. The minimum absolute atomic E-state index is 0.0140. The van der Waals surface area contributed by atoms with E-state index in [2.05, 4.69) is 54.8 Å². The number of ether oxygens (including phenoxy) is 2. The monoisotopic (exact) mass is 396 g/mol. The summed E-state index contributed by atoms with van der Waals surface area (Å²) in [5.74, 6) is 0.327. The number of nitrogens with zero attached hydrogens (tertiary/aromatic N) is 2. The predicted molar refractivity (Wildman–Crippen MR) is 113 cm³/mol. The number of aromatic nitrogens is 1. The molecule has 2 aromatic rings. The Labute approximate surface area is 173 Å². The van der Waals surface area contributed by atoms with Gasteiger partial charge in [-0.2, -0.15) is 0 Å². The average molecular weight is 397 g/mol. The molecule has 5 heteroatoms. The first-order valence-corrected chi connectivity index (χ1v) is 11.1. The molecule has 3 aliphatic rings. The van der Waals surface area contributed by atoms with Gasteiger partial charge in [0.25, 0.3) is 0 Å². The summed E-state index contributed by atoms with van der Waals surface area (Å²) in [5, 5.41) is 1.43. The number of piperidine rings is 1. The van der Waals surface area contributed by atoms with E-state index in [4.69, 9.17) is 9.47 Å². The van der Waals surface area contributed by atoms with Crippen molar-refractivity contribution in [3.8, 4) is 0 Å². The van der Waals surface area contributed by atoms with Crippen LogP contribution in [0.1, 0.15) is 56.2 Å². The van der Waals surface area contributed by atoms with Crippen LogP contribution in [0.2, 0.25) is 0 Å². The van der Waals surface area contributed by atoms with Crippen LogP contribution in [0, 0.1) is 5.92 Å². The SMILES string of the molecule is CC(C)n1cc2c3c(cccc31)C1C[C@@H](C(=O)OC3CCOCC3)CN(C)C1C2. The van der Waals surface area contributed by atoms with Crippen molar-refractivity contribution in [1.29, 1.82) is 0 Å². The fourth-order valence-electron chi connectivity index (χ4n) is 5.73. The highest BCUT2D eigenvalue weighted by Crippen LogP contribution is 2.45. The van der Waals surface area contributed by atoms with E-state index >= 15 is 0 Å². The number of hydrogen-bond acceptors (Lipinski definition) is 4. The van der Waals surface area contributed by atoms with E-state index in [1.165, 1.54) is 22.0 Å². The summed E-state index contributed by atoms with van der Waals surface area (Å²) in [6.45, 7) is 6.68. The van der Waals surface area contributed by atoms with Gasteiger partial charge < -0.3 is 18.9 Å². The van der Waals surface area contributed by atoms with E-state index in [-0.39, 0.29) is 18.0 Å². The molecule has 0 amide bonds. The number of esters is 1. The topological polar surface area (TPSA) is 43.7 Å². The third-order valence-corrected chi connectivity index (χ3v) is 7.22. The number of likely N-dealkylation sites (tertiary alicyclic amines) is 1. The van der Waals surface area contributed by atoms with Gasteiger partial charge in [-0.05, 0) is 50.9 Å². The molecule has 0 bridgehead atoms. The van der Waals surface area contributed by atoms with Crippen LogP contribution in [0.25, 0.3) is 10.9 Å². The van der Waals surface area contributed by atoms with E-state index in [9.17, 15) is 4.79 Å². The Bertz CT molecular complexity index is 912. The second kappa shape index (κ2) is 7.44. The van der Waals surface area contributed by atoms with Crippen LogP contribution in [0.3, 0.4) is 0 Å². The summed E-state index contributed by atoms with van der Waals surface area (Å²) in [6, 6.07) is 7.62. The summed E-state index contributed by atoms with van der Waals surface area (Å²) >= 11 is 0. The highest BCUT2D eigenvalue weighted by Gasteiger charge is 2.42. The van der Waals surface area contributed by atoms with Crippen LogP contribution < -0.4 is 0 Å². The van der Waals surface area contributed by atoms with Gasteiger partial charge in [0.1, 0.15) is 6.10 Å². The number of benzene rings is 1. The number of carbonyl (C=O) groups excluding carboxylic acids is 1. The van der Waals surface area contributed by atoms with Gasteiger partial charge in [0.15, 0.2) is 0 Å². The molecule has 2 aliphatic heterocycles. The summed E-state index contributed by atoms with van der Waals surface area (Å²) in [7, 11) is 2.18. The van der Waals surface area contributed by atoms with Crippen molar-refractivity contribution in [3.05, 3.63) is 35.5 Å². The summed E-state index contributed by atoms with van der Waals surface area (Å²) in [6.07, 6.45) is 5.99. The molecular formula is C24H32N2O3. The lowest BCUT2D eigenvalue weighted by molar-refractivity contribution is -0.160. The number of carbonyl (C=O) groups is 1. The quantitative estimate of drug-likeness (QED) is 0.738. The largest absolute Gasteiger partial charge is 0.462 e. The van der Waals surface area contributed by atoms with Gasteiger partial charge in [0.05, 0.1) is 19.1 Å². The zero-order valence-corrected chi connectivity index (χ0v) is 17.8. The van der Waals surface area contributed by atoms with Gasteiger partial charge in [-0.15, -0.1) is 0 Å². The molecule has 5 nitrogen and oxygen atoms in total. The first-order valence-electron chi connectivity index (χ1n) is 11.1. The molecule has 1 aromatic carbocycles. The summed E-state index contributed by atoms with van der Waals surface area (Å²) in [5.41, 5.74) is 4.21. The van der Waals surface area contributed by atoms with Crippen LogP contribution in [-0.4, -0.2) is 54.4 Å². The van der Waals surface area contributed by atoms with Crippen molar-refractivity contribution in [2.75, 3.05) is 26.8 Å². The van der Waals surface area contributed by atoms with Crippen molar-refractivity contribution in [1.82, 2.24) is 9.47 Å². The maximum absolute atomic E-state index is 13.0. The second-order valence-electron chi connectivity index (χ2n) is 9.40. The van der Waals surface area contributed by atoms with Crippen LogP contribution in [0.15, 0.2) is 24.4 Å². The zero-order chi connectivity index (χ0) is 20.1. The predicted octanol–water partition coefficient (Wildman–Crippen LogP) is 3.90. The van der Waals surface area contributed by atoms with Crippen molar-refractivity contribution in [2.45, 2.75) is 63.6 Å². The van der Waals surface area contributed by atoms with Gasteiger partial charge in [-0.25, -0.2) is 0 Å². The molecule has 1 aliphatic carbocycles. The minimum atomic E-state index is -0.0481. The van der Waals surface area contributed by atoms with Crippen LogP contribution in [-0.2, 0) is 20.7 Å². The third kappa shape index (κ3) is 3.28. The van der Waals surface area contributed by atoms with E-state index in [0.717, 1.165) is 32.2 Å². The lowest BCUT2D eigenvalue weighted by Crippen LogP contribution is -2.50. The molecule has 2 fully saturated rings. The van der Waals surface area contributed by atoms with Crippen LogP contribution in [0.4, 0.5) is 0 Å². The molecule has 5 rings (SSSR count). The first-order chi connectivity index (χ1) is 14.0. The first kappa shape index (κ1) is 19.1. The molecule has 0 radical (unpaired) electrons. The lowest BCUT2D eigenvalue weighted by Gasteiger charge is -2.45. The Kier molecular flexibility index (Phi) is 4.91. The normalized spacial score (nSPS) is 27.9. The van der Waals surface area contributed by atoms with Crippen molar-refractivity contribution in [2.24, 2.45) is 5.92 Å². The maximum atomic E-state index is 13.0. The van der Waals surface area contributed by atoms with Crippen molar-refractivity contribution >= 4 is 16.9 Å². The van der Waals surface area contributed by atoms with Crippen LogP contribution >= 0.6 is 0 Å². The molecule has 0 spiro atoms. The van der Waals surface area contributed by atoms with E-state index in [0.29, 0.717) is 31.2 Å². The molecule has 3 heterocycles. The van der Waals surface area contributed by atoms with Gasteiger partial charge in [-0.1, -0.05) is 12.1 Å². The average Bonchev–Trinajstić information content (AvgIpc) is 3.10. The van der Waals surface area contributed by atoms with Gasteiger partial charge in [0, 0.05) is 54.5 Å². The Morgan fingerprint density at radius 2 is 2.03 bits per heavy atom. The molecule has 2 unspecified atom stereocenters. The smallest absolute Gasteiger partial charge is 0.310 e. The molecule has 29 heavy (non-hydrogen) atoms. The van der Waals surface area contributed by atoms with E-state index in [1.54, 1.807) is 0 Å². The van der Waals surface area contributed by atoms with Crippen LogP contribution in [0.5, 0.6) is 0 Å². The molecule has 0 saturated carbocycles. The molecule has 156 valence electrons. The highest BCUT2D eigenvalue weighted by molar-refractivity contribution is 5.89. The molecule has 0 N–H and O–H groups in total. The number of rotatable bonds is 3. The fraction of sp³-hybridized carbons (Fsp3) is 0.625. The molecule has 3 atom stereocenters. The maximum Gasteiger partial charge on any atom is 0.310 e. The summed E-state index contributed by atoms with van der Waals surface area (Å²) in [4.78, 5) is 15.4. The van der Waals surface area contributed by atoms with Gasteiger partial charge >= 0.3 is 5.97 Å². The molecule has 2 saturated heterocycles. The van der Waals surface area contributed by atoms with E-state index < -0.39 is 0 Å². The standard InChI is InChI=1S/C24H32N2O3/c1-15(2)26-14-16-12-22-20(19-5-4-6-21(26)23(16)19)11-17(13-25(22)3)24(27)29-18-7-9-28-10-8-18/h4-6,14-15,17-18,20,22H,7-13H2,1-3H3/t17-,20?,22?/m1/s1. The Morgan fingerprint density at radius 1 is 1.24 bits per heavy atom. The highest BCUT2D eigenvalue weighted by atomic mass is 16.6. The Morgan fingerprint density at radius 3 is 2.79 bits per heavy atom. The zero-order valence-electron chi connectivity index (χ0n) is 17.8. The Balaban J connectivity index is 1.43. The second-order valence-corrected chi connectivity index (χ2v) is 9.40. The fourth-order valence-corrected chi connectivity index (χ4v) is 5.73. The Hall–Kier alpha value is -1.85. The third-order valence-electron chi connectivity index (χ3n) is 7.22. The molecule has 1 aromatic heterocycles. The number of hydrogen-bond donors (Lipinski definition) is 0. The van der Waals surface area contributed by atoms with Crippen molar-refractivity contribution < 1.29 is 14.3 Å². The van der Waals surface area contributed by atoms with Crippen molar-refractivity contribution in [3.63, 3.8) is 0 Å². The van der Waals surface area contributed by atoms with E-state index in [1.807, 2.05) is 0 Å². The molecular weight excluding hydrogens is 364 g/mol. The summed E-state index contributed by atoms with van der Waals surface area (Å²) < 4.78 is 13.7. The lowest BCUT2D eigenvalue weighted by atomic mass is 9.72. The minimum Gasteiger partial charge on any atom is -0.462 e. The number of fused-ring (bicyclic) bond motifs is 2. The van der Waals surface area contributed by atoms with Gasteiger partial charge in [0.2, 0.25) is 0 Å².